The Bertz CT molecular complexity index is 668. The highest BCUT2D eigenvalue weighted by Gasteiger charge is 2.31. The molecule has 0 bridgehead atoms. The van der Waals surface area contributed by atoms with Crippen molar-refractivity contribution in [2.45, 2.75) is 32.4 Å². The second-order valence-corrected chi connectivity index (χ2v) is 7.21. The minimum absolute atomic E-state index is 0.0277. The first-order valence-corrected chi connectivity index (χ1v) is 8.66. The predicted octanol–water partition coefficient (Wildman–Crippen LogP) is 2.46. The molecule has 1 aromatic rings. The summed E-state index contributed by atoms with van der Waals surface area (Å²) in [6.45, 7) is 6.23. The molecule has 24 heavy (non-hydrogen) atoms. The molecule has 7 heteroatoms. The van der Waals surface area contributed by atoms with Gasteiger partial charge in [0.1, 0.15) is 5.25 Å². The second-order valence-electron chi connectivity index (χ2n) is 6.02. The molecule has 128 valence electrons. The van der Waals surface area contributed by atoms with Gasteiger partial charge in [-0.2, -0.15) is 0 Å². The number of benzene rings is 1. The smallest absolute Gasteiger partial charge is 0.240 e. The average molecular weight is 347 g/mol. The number of thioether (sulfide) groups is 1. The van der Waals surface area contributed by atoms with Crippen LogP contribution in [0.5, 0.6) is 0 Å². The number of aliphatic imine (C=N–C) groups is 1. The van der Waals surface area contributed by atoms with Crippen LogP contribution in [0.1, 0.15) is 37.6 Å². The number of nitrogens with one attached hydrogen (secondary N) is 2. The second kappa shape index (κ2) is 8.10. The number of anilines is 1. The van der Waals surface area contributed by atoms with E-state index < -0.39 is 5.25 Å². The summed E-state index contributed by atoms with van der Waals surface area (Å²) in [6.07, 6.45) is 0.0751. The average Bonchev–Trinajstić information content (AvgIpc) is 2.85. The van der Waals surface area contributed by atoms with Crippen LogP contribution in [-0.2, 0) is 9.59 Å². The van der Waals surface area contributed by atoms with Crippen molar-refractivity contribution < 1.29 is 14.4 Å². The first-order chi connectivity index (χ1) is 11.3. The molecule has 1 aliphatic heterocycles. The monoisotopic (exact) mass is 347 g/mol. The molecule has 1 heterocycles. The highest BCUT2D eigenvalue weighted by molar-refractivity contribution is 8.15. The quantitative estimate of drug-likeness (QED) is 0.774. The van der Waals surface area contributed by atoms with Crippen LogP contribution in [0.3, 0.4) is 0 Å². The molecule has 2 rings (SSSR count). The van der Waals surface area contributed by atoms with E-state index in [1.807, 2.05) is 13.8 Å². The van der Waals surface area contributed by atoms with E-state index in [9.17, 15) is 14.4 Å². The Hall–Kier alpha value is -2.15. The van der Waals surface area contributed by atoms with Gasteiger partial charge >= 0.3 is 0 Å². The summed E-state index contributed by atoms with van der Waals surface area (Å²) in [6, 6.07) is 6.66. The molecule has 1 atom stereocenters. The number of amidine groups is 1. The molecule has 0 spiro atoms. The summed E-state index contributed by atoms with van der Waals surface area (Å²) >= 11 is 1.29. The van der Waals surface area contributed by atoms with Crippen molar-refractivity contribution >= 4 is 40.2 Å². The number of nitrogens with zero attached hydrogens (tertiary/aromatic N) is 1. The Morgan fingerprint density at radius 3 is 2.54 bits per heavy atom. The zero-order valence-electron chi connectivity index (χ0n) is 14.0. The van der Waals surface area contributed by atoms with Crippen molar-refractivity contribution in [1.29, 1.82) is 0 Å². The van der Waals surface area contributed by atoms with Gasteiger partial charge in [0.15, 0.2) is 11.0 Å². The Morgan fingerprint density at radius 1 is 1.29 bits per heavy atom. The lowest BCUT2D eigenvalue weighted by atomic mass is 10.1. The third-order valence-corrected chi connectivity index (χ3v) is 4.44. The van der Waals surface area contributed by atoms with Crippen LogP contribution in [0.2, 0.25) is 0 Å². The molecule has 1 fully saturated rings. The summed E-state index contributed by atoms with van der Waals surface area (Å²) in [5.74, 6) is -0.0524. The number of rotatable bonds is 6. The van der Waals surface area contributed by atoms with E-state index in [2.05, 4.69) is 15.6 Å². The zero-order chi connectivity index (χ0) is 17.7. The van der Waals surface area contributed by atoms with Gasteiger partial charge in [-0.3, -0.25) is 19.4 Å². The van der Waals surface area contributed by atoms with E-state index >= 15 is 0 Å². The van der Waals surface area contributed by atoms with Crippen LogP contribution in [0.15, 0.2) is 29.3 Å². The van der Waals surface area contributed by atoms with Gasteiger partial charge in [0.25, 0.3) is 0 Å². The third-order valence-electron chi connectivity index (χ3n) is 3.32. The first-order valence-electron chi connectivity index (χ1n) is 7.78. The Kier molecular flexibility index (Phi) is 6.14. The van der Waals surface area contributed by atoms with Crippen LogP contribution < -0.4 is 10.6 Å². The van der Waals surface area contributed by atoms with Crippen molar-refractivity contribution in [3.63, 3.8) is 0 Å². The fraction of sp³-hybridized carbons (Fsp3) is 0.412. The largest absolute Gasteiger partial charge is 0.326 e. The summed E-state index contributed by atoms with van der Waals surface area (Å²) in [5, 5.41) is 5.56. The molecule has 0 saturated carbocycles. The molecule has 0 radical (unpaired) electrons. The van der Waals surface area contributed by atoms with Gasteiger partial charge in [-0.15, -0.1) is 0 Å². The molecule has 1 aliphatic rings. The summed E-state index contributed by atoms with van der Waals surface area (Å²) < 4.78 is 0. The van der Waals surface area contributed by atoms with Crippen molar-refractivity contribution in [2.24, 2.45) is 10.9 Å². The van der Waals surface area contributed by atoms with E-state index in [1.165, 1.54) is 18.7 Å². The highest BCUT2D eigenvalue weighted by Crippen LogP contribution is 2.23. The van der Waals surface area contributed by atoms with Crippen LogP contribution in [0.4, 0.5) is 5.69 Å². The Morgan fingerprint density at radius 2 is 1.96 bits per heavy atom. The normalized spacial score (nSPS) is 18.8. The fourth-order valence-electron chi connectivity index (χ4n) is 2.05. The maximum atomic E-state index is 12.1. The maximum absolute atomic E-state index is 12.1. The summed E-state index contributed by atoms with van der Waals surface area (Å²) in [5.41, 5.74) is 1.19. The van der Waals surface area contributed by atoms with Gasteiger partial charge < -0.3 is 10.6 Å². The number of carbonyl (C=O) groups excluding carboxylic acids is 3. The number of hydrogen-bond donors (Lipinski definition) is 2. The molecule has 2 N–H and O–H groups in total. The molecule has 6 nitrogen and oxygen atoms in total. The minimum Gasteiger partial charge on any atom is -0.326 e. The molecule has 2 amide bonds. The zero-order valence-corrected chi connectivity index (χ0v) is 14.8. The molecule has 0 aromatic heterocycles. The first kappa shape index (κ1) is 18.2. The van der Waals surface area contributed by atoms with Crippen LogP contribution in [-0.4, -0.2) is 34.6 Å². The van der Waals surface area contributed by atoms with E-state index in [-0.39, 0.29) is 24.0 Å². The molecule has 1 saturated heterocycles. The third kappa shape index (κ3) is 5.19. The van der Waals surface area contributed by atoms with Gasteiger partial charge in [0, 0.05) is 24.2 Å². The number of carbonyl (C=O) groups is 3. The molecule has 0 aliphatic carbocycles. The lowest BCUT2D eigenvalue weighted by Crippen LogP contribution is -2.28. The number of ketones is 1. The van der Waals surface area contributed by atoms with E-state index in [0.717, 1.165) is 0 Å². The standard InChI is InChI=1S/C17H21N3O3S/c1-10(2)9-18-17-20-16(23)14(24-17)8-15(22)19-13-6-4-12(5-7-13)11(3)21/h4-7,10,14H,8-9H2,1-3H3,(H,19,22)(H,18,20,23)/t14-/m1/s1. The van der Waals surface area contributed by atoms with Gasteiger partial charge in [-0.25, -0.2) is 0 Å². The molecule has 1 aromatic carbocycles. The topological polar surface area (TPSA) is 87.6 Å². The van der Waals surface area contributed by atoms with E-state index in [4.69, 9.17) is 0 Å². The van der Waals surface area contributed by atoms with Gasteiger partial charge in [-0.1, -0.05) is 25.6 Å². The number of amides is 2. The van der Waals surface area contributed by atoms with Crippen molar-refractivity contribution in [2.75, 3.05) is 11.9 Å². The molecular formula is C17H21N3O3S. The van der Waals surface area contributed by atoms with Crippen molar-refractivity contribution in [1.82, 2.24) is 5.32 Å². The summed E-state index contributed by atoms with van der Waals surface area (Å²) in [4.78, 5) is 39.6. The fourth-order valence-corrected chi connectivity index (χ4v) is 3.03. The maximum Gasteiger partial charge on any atom is 0.240 e. The van der Waals surface area contributed by atoms with E-state index in [1.54, 1.807) is 24.3 Å². The SMILES string of the molecule is CC(=O)c1ccc(NC(=O)C[C@H]2SC(=NCC(C)C)NC2=O)cc1. The van der Waals surface area contributed by atoms with Crippen molar-refractivity contribution in [3.8, 4) is 0 Å². The Labute approximate surface area is 145 Å². The van der Waals surface area contributed by atoms with Gasteiger partial charge in [0.05, 0.1) is 0 Å². The number of Topliss-reactive ketones (excluding diaryl/α,β-unsaturated/α-hetero) is 1. The lowest BCUT2D eigenvalue weighted by molar-refractivity contribution is -0.122. The summed E-state index contributed by atoms with van der Waals surface area (Å²) in [7, 11) is 0. The predicted molar refractivity (Wildman–Crippen MR) is 96.4 cm³/mol. The van der Waals surface area contributed by atoms with Crippen LogP contribution in [0.25, 0.3) is 0 Å². The molecule has 0 unspecified atom stereocenters. The van der Waals surface area contributed by atoms with E-state index in [0.29, 0.717) is 28.9 Å². The van der Waals surface area contributed by atoms with Crippen LogP contribution >= 0.6 is 11.8 Å². The Balaban J connectivity index is 1.89. The van der Waals surface area contributed by atoms with Crippen molar-refractivity contribution in [3.05, 3.63) is 29.8 Å². The highest BCUT2D eigenvalue weighted by atomic mass is 32.2. The number of hydrogen-bond acceptors (Lipinski definition) is 5. The van der Waals surface area contributed by atoms with Crippen LogP contribution in [0, 0.1) is 5.92 Å². The van der Waals surface area contributed by atoms with Gasteiger partial charge in [0.2, 0.25) is 11.8 Å². The molecular weight excluding hydrogens is 326 g/mol. The lowest BCUT2D eigenvalue weighted by Gasteiger charge is -2.07. The minimum atomic E-state index is -0.465. The van der Waals surface area contributed by atoms with Gasteiger partial charge in [-0.05, 0) is 37.1 Å².